The van der Waals surface area contributed by atoms with Crippen molar-refractivity contribution in [3.63, 3.8) is 0 Å². The van der Waals surface area contributed by atoms with E-state index >= 15 is 0 Å². The fourth-order valence-electron chi connectivity index (χ4n) is 2.15. The molecule has 1 amide bonds. The van der Waals surface area contributed by atoms with Crippen LogP contribution >= 0.6 is 22.9 Å². The molecule has 1 saturated heterocycles. The molecular weight excluding hydrogens is 286 g/mol. The number of carbonyl (C=O) groups excluding carboxylic acids is 1. The number of amides is 1. The first-order valence-corrected chi connectivity index (χ1v) is 7.64. The minimum Gasteiger partial charge on any atom is -0.378 e. The van der Waals surface area contributed by atoms with Crippen LogP contribution in [0.1, 0.15) is 17.7 Å². The summed E-state index contributed by atoms with van der Waals surface area (Å²) in [5.74, 6) is 0.0813. The van der Waals surface area contributed by atoms with Gasteiger partial charge in [-0.1, -0.05) is 11.6 Å². The largest absolute Gasteiger partial charge is 0.378 e. The standard InChI is InChI=1S/C12H16ClN3O2S/c13-12-14-5-9(19-12)6-16-3-4-18-7-10(16)11(17)15-8-1-2-8/h5,8,10H,1-4,6-7H2,(H,15,17). The number of nitrogens with one attached hydrogen (secondary N) is 1. The lowest BCUT2D eigenvalue weighted by Crippen LogP contribution is -2.53. The zero-order chi connectivity index (χ0) is 13.2. The van der Waals surface area contributed by atoms with E-state index in [0.717, 1.165) is 24.3 Å². The van der Waals surface area contributed by atoms with Gasteiger partial charge in [0, 0.05) is 30.2 Å². The average Bonchev–Trinajstić information content (AvgIpc) is 3.12. The molecule has 2 fully saturated rings. The number of carbonyl (C=O) groups is 1. The van der Waals surface area contributed by atoms with Crippen LogP contribution in [0.2, 0.25) is 4.47 Å². The van der Waals surface area contributed by atoms with Gasteiger partial charge in [0.25, 0.3) is 0 Å². The van der Waals surface area contributed by atoms with Crippen molar-refractivity contribution in [3.05, 3.63) is 15.5 Å². The smallest absolute Gasteiger partial charge is 0.239 e. The number of nitrogens with zero attached hydrogens (tertiary/aromatic N) is 2. The molecule has 1 aliphatic carbocycles. The van der Waals surface area contributed by atoms with Crippen molar-refractivity contribution in [3.8, 4) is 0 Å². The topological polar surface area (TPSA) is 54.5 Å². The molecule has 2 heterocycles. The zero-order valence-electron chi connectivity index (χ0n) is 10.5. The van der Waals surface area contributed by atoms with Gasteiger partial charge in [-0.15, -0.1) is 11.3 Å². The third-order valence-electron chi connectivity index (χ3n) is 3.35. The van der Waals surface area contributed by atoms with Crippen LogP contribution in [-0.4, -0.2) is 47.6 Å². The molecule has 104 valence electrons. The molecule has 19 heavy (non-hydrogen) atoms. The Kier molecular flexibility index (Phi) is 4.02. The molecule has 1 aromatic rings. The Morgan fingerprint density at radius 3 is 3.16 bits per heavy atom. The molecule has 0 bridgehead atoms. The molecule has 2 aliphatic rings. The molecular formula is C12H16ClN3O2S. The van der Waals surface area contributed by atoms with E-state index in [1.54, 1.807) is 6.20 Å². The first-order valence-electron chi connectivity index (χ1n) is 6.45. The van der Waals surface area contributed by atoms with Gasteiger partial charge in [0.1, 0.15) is 6.04 Å². The van der Waals surface area contributed by atoms with E-state index in [1.165, 1.54) is 11.3 Å². The second kappa shape index (κ2) is 5.75. The monoisotopic (exact) mass is 301 g/mol. The Morgan fingerprint density at radius 2 is 2.47 bits per heavy atom. The Balaban J connectivity index is 1.64. The van der Waals surface area contributed by atoms with E-state index in [4.69, 9.17) is 16.3 Å². The molecule has 1 aromatic heterocycles. The van der Waals surface area contributed by atoms with Gasteiger partial charge in [0.15, 0.2) is 4.47 Å². The summed E-state index contributed by atoms with van der Waals surface area (Å²) in [4.78, 5) is 19.4. The lowest BCUT2D eigenvalue weighted by molar-refractivity contribution is -0.133. The molecule has 0 spiro atoms. The summed E-state index contributed by atoms with van der Waals surface area (Å²) in [6.45, 7) is 2.60. The molecule has 0 radical (unpaired) electrons. The summed E-state index contributed by atoms with van der Waals surface area (Å²) < 4.78 is 5.98. The highest BCUT2D eigenvalue weighted by molar-refractivity contribution is 7.15. The highest BCUT2D eigenvalue weighted by Crippen LogP contribution is 2.22. The SMILES string of the molecule is O=C(NC1CC1)C1COCCN1Cc1cnc(Cl)s1. The molecule has 3 rings (SSSR count). The molecule has 0 aromatic carbocycles. The van der Waals surface area contributed by atoms with Crippen LogP contribution in [0.15, 0.2) is 6.20 Å². The van der Waals surface area contributed by atoms with Crippen LogP contribution in [-0.2, 0) is 16.1 Å². The van der Waals surface area contributed by atoms with E-state index in [0.29, 0.717) is 30.3 Å². The van der Waals surface area contributed by atoms with Crippen molar-refractivity contribution in [1.82, 2.24) is 15.2 Å². The lowest BCUT2D eigenvalue weighted by Gasteiger charge is -2.34. The quantitative estimate of drug-likeness (QED) is 0.910. The van der Waals surface area contributed by atoms with Gasteiger partial charge >= 0.3 is 0 Å². The second-order valence-corrected chi connectivity index (χ2v) is 6.62. The Morgan fingerprint density at radius 1 is 1.63 bits per heavy atom. The third kappa shape index (κ3) is 3.45. The summed E-state index contributed by atoms with van der Waals surface area (Å²) in [5.41, 5.74) is 0. The fourth-order valence-corrected chi connectivity index (χ4v) is 3.15. The average molecular weight is 302 g/mol. The number of ether oxygens (including phenoxy) is 1. The predicted octanol–water partition coefficient (Wildman–Crippen LogP) is 1.28. The number of morpholine rings is 1. The van der Waals surface area contributed by atoms with Gasteiger partial charge in [-0.25, -0.2) is 4.98 Å². The molecule has 1 unspecified atom stereocenters. The van der Waals surface area contributed by atoms with Crippen LogP contribution in [0.25, 0.3) is 0 Å². The number of rotatable bonds is 4. The molecule has 1 aliphatic heterocycles. The summed E-state index contributed by atoms with van der Waals surface area (Å²) in [7, 11) is 0. The zero-order valence-corrected chi connectivity index (χ0v) is 12.0. The van der Waals surface area contributed by atoms with E-state index < -0.39 is 0 Å². The number of thiazole rings is 1. The number of halogens is 1. The Hall–Kier alpha value is -0.690. The number of hydrogen-bond donors (Lipinski definition) is 1. The molecule has 1 N–H and O–H groups in total. The Labute approximate surface area is 120 Å². The van der Waals surface area contributed by atoms with Crippen molar-refractivity contribution in [1.29, 1.82) is 0 Å². The van der Waals surface area contributed by atoms with E-state index in [2.05, 4.69) is 15.2 Å². The maximum Gasteiger partial charge on any atom is 0.239 e. The lowest BCUT2D eigenvalue weighted by atomic mass is 10.2. The van der Waals surface area contributed by atoms with Crippen molar-refractivity contribution in [2.24, 2.45) is 0 Å². The molecule has 5 nitrogen and oxygen atoms in total. The van der Waals surface area contributed by atoms with Crippen LogP contribution in [0.4, 0.5) is 0 Å². The minimum atomic E-state index is -0.199. The van der Waals surface area contributed by atoms with Gasteiger partial charge in [-0.05, 0) is 12.8 Å². The first kappa shape index (κ1) is 13.3. The second-order valence-electron chi connectivity index (χ2n) is 4.92. The summed E-state index contributed by atoms with van der Waals surface area (Å²) >= 11 is 7.30. The van der Waals surface area contributed by atoms with Crippen LogP contribution in [0.5, 0.6) is 0 Å². The highest BCUT2D eigenvalue weighted by Gasteiger charge is 2.33. The van der Waals surface area contributed by atoms with Gasteiger partial charge < -0.3 is 10.1 Å². The van der Waals surface area contributed by atoms with Crippen molar-refractivity contribution >= 4 is 28.8 Å². The van der Waals surface area contributed by atoms with Crippen LogP contribution in [0, 0.1) is 0 Å². The van der Waals surface area contributed by atoms with Gasteiger partial charge in [-0.3, -0.25) is 9.69 Å². The Bertz CT molecular complexity index is 464. The molecule has 1 atom stereocenters. The van der Waals surface area contributed by atoms with Gasteiger partial charge in [-0.2, -0.15) is 0 Å². The van der Waals surface area contributed by atoms with Crippen molar-refractivity contribution < 1.29 is 9.53 Å². The molecule has 7 heteroatoms. The highest BCUT2D eigenvalue weighted by atomic mass is 35.5. The van der Waals surface area contributed by atoms with E-state index in [9.17, 15) is 4.79 Å². The van der Waals surface area contributed by atoms with E-state index in [1.807, 2.05) is 0 Å². The molecule has 1 saturated carbocycles. The van der Waals surface area contributed by atoms with Gasteiger partial charge in [0.05, 0.1) is 13.2 Å². The number of hydrogen-bond acceptors (Lipinski definition) is 5. The fraction of sp³-hybridized carbons (Fsp3) is 0.667. The normalized spacial score (nSPS) is 24.4. The van der Waals surface area contributed by atoms with Crippen molar-refractivity contribution in [2.75, 3.05) is 19.8 Å². The summed E-state index contributed by atoms with van der Waals surface area (Å²) in [6.07, 6.45) is 3.98. The number of aromatic nitrogens is 1. The minimum absolute atomic E-state index is 0.0813. The maximum absolute atomic E-state index is 12.2. The predicted molar refractivity (Wildman–Crippen MR) is 73.3 cm³/mol. The third-order valence-corrected chi connectivity index (χ3v) is 4.45. The van der Waals surface area contributed by atoms with Gasteiger partial charge in [0.2, 0.25) is 5.91 Å². The maximum atomic E-state index is 12.2. The van der Waals surface area contributed by atoms with E-state index in [-0.39, 0.29) is 11.9 Å². The van der Waals surface area contributed by atoms with Crippen LogP contribution < -0.4 is 5.32 Å². The first-order chi connectivity index (χ1) is 9.22. The van der Waals surface area contributed by atoms with Crippen molar-refractivity contribution in [2.45, 2.75) is 31.5 Å². The summed E-state index contributed by atoms with van der Waals surface area (Å²) in [5, 5.41) is 3.05. The van der Waals surface area contributed by atoms with Crippen LogP contribution in [0.3, 0.4) is 0 Å². The summed E-state index contributed by atoms with van der Waals surface area (Å²) in [6, 6.07) is 0.185.